The molecule has 0 amide bonds. The van der Waals surface area contributed by atoms with E-state index in [1.165, 1.54) is 11.6 Å². The molecule has 3 heteroatoms. The van der Waals surface area contributed by atoms with Crippen molar-refractivity contribution in [2.45, 2.75) is 18.7 Å². The van der Waals surface area contributed by atoms with E-state index in [1.54, 1.807) is 6.92 Å². The van der Waals surface area contributed by atoms with Gasteiger partial charge in [0, 0.05) is 4.47 Å². The normalized spacial score (nSPS) is 12.5. The summed E-state index contributed by atoms with van der Waals surface area (Å²) in [5.41, 5.74) is 4.09. The molecule has 0 spiro atoms. The maximum Gasteiger partial charge on any atom is 0.126 e. The van der Waals surface area contributed by atoms with Gasteiger partial charge in [-0.15, -0.1) is 0 Å². The topological polar surface area (TPSA) is 0 Å². The van der Waals surface area contributed by atoms with Crippen molar-refractivity contribution in [1.82, 2.24) is 0 Å². The fourth-order valence-corrected chi connectivity index (χ4v) is 3.10. The third kappa shape index (κ3) is 3.01. The predicted molar refractivity (Wildman–Crippen MR) is 80.8 cm³/mol. The molecule has 0 nitrogen and oxygen atoms in total. The molecule has 0 radical (unpaired) electrons. The zero-order valence-corrected chi connectivity index (χ0v) is 13.3. The first kappa shape index (κ1) is 13.8. The van der Waals surface area contributed by atoms with E-state index in [0.717, 1.165) is 15.6 Å². The molecule has 0 fully saturated rings. The summed E-state index contributed by atoms with van der Waals surface area (Å²) in [7, 11) is 0. The highest BCUT2D eigenvalue weighted by Crippen LogP contribution is 2.33. The number of aryl methyl sites for hydroxylation is 2. The van der Waals surface area contributed by atoms with Gasteiger partial charge < -0.3 is 0 Å². The second-order valence-corrected chi connectivity index (χ2v) is 6.26. The molecule has 0 N–H and O–H groups in total. The number of benzene rings is 2. The van der Waals surface area contributed by atoms with Gasteiger partial charge >= 0.3 is 0 Å². The first-order valence-corrected chi connectivity index (χ1v) is 7.35. The molecule has 2 aromatic carbocycles. The quantitative estimate of drug-likeness (QED) is 0.595. The molecular weight excluding hydrogens is 359 g/mol. The number of hydrogen-bond donors (Lipinski definition) is 0. The van der Waals surface area contributed by atoms with Gasteiger partial charge in [-0.2, -0.15) is 0 Å². The summed E-state index contributed by atoms with van der Waals surface area (Å²) in [6, 6.07) is 11.5. The molecule has 0 bridgehead atoms. The van der Waals surface area contributed by atoms with Gasteiger partial charge in [-0.25, -0.2) is 4.39 Å². The lowest BCUT2D eigenvalue weighted by Gasteiger charge is -2.13. The van der Waals surface area contributed by atoms with Crippen molar-refractivity contribution in [3.05, 3.63) is 68.9 Å². The van der Waals surface area contributed by atoms with Crippen molar-refractivity contribution in [1.29, 1.82) is 0 Å². The molecule has 2 rings (SSSR count). The minimum atomic E-state index is -0.163. The molecule has 0 saturated heterocycles. The standard InChI is InChI=1S/C15H13Br2F/c1-9-5-12(8-13(16)6-9)15(17)11-3-4-14(18)10(2)7-11/h3-8,15H,1-2H3. The van der Waals surface area contributed by atoms with E-state index in [2.05, 4.69) is 57.0 Å². The smallest absolute Gasteiger partial charge is 0.126 e. The molecule has 18 heavy (non-hydrogen) atoms. The van der Waals surface area contributed by atoms with Crippen LogP contribution < -0.4 is 0 Å². The third-order valence-corrected chi connectivity index (χ3v) is 4.35. The zero-order valence-electron chi connectivity index (χ0n) is 10.2. The summed E-state index contributed by atoms with van der Waals surface area (Å²) in [5.74, 6) is -0.163. The maximum atomic E-state index is 13.3. The van der Waals surface area contributed by atoms with E-state index in [-0.39, 0.29) is 10.6 Å². The molecule has 0 saturated carbocycles. The molecule has 94 valence electrons. The number of hydrogen-bond acceptors (Lipinski definition) is 0. The Hall–Kier alpha value is -0.670. The lowest BCUT2D eigenvalue weighted by atomic mass is 10.0. The zero-order chi connectivity index (χ0) is 13.3. The Morgan fingerprint density at radius 2 is 1.72 bits per heavy atom. The fraction of sp³-hybridized carbons (Fsp3) is 0.200. The highest BCUT2D eigenvalue weighted by molar-refractivity contribution is 9.10. The van der Waals surface area contributed by atoms with Crippen LogP contribution in [0, 0.1) is 19.7 Å². The van der Waals surface area contributed by atoms with Crippen LogP contribution in [-0.2, 0) is 0 Å². The Balaban J connectivity index is 2.40. The van der Waals surface area contributed by atoms with Crippen LogP contribution in [0.4, 0.5) is 4.39 Å². The van der Waals surface area contributed by atoms with Crippen LogP contribution in [-0.4, -0.2) is 0 Å². The van der Waals surface area contributed by atoms with Crippen molar-refractivity contribution in [3.8, 4) is 0 Å². The second-order valence-electron chi connectivity index (χ2n) is 4.43. The number of alkyl halides is 1. The van der Waals surface area contributed by atoms with Crippen LogP contribution in [0.1, 0.15) is 27.1 Å². The van der Waals surface area contributed by atoms with Crippen molar-refractivity contribution in [2.75, 3.05) is 0 Å². The van der Waals surface area contributed by atoms with Gasteiger partial charge in [0.15, 0.2) is 0 Å². The van der Waals surface area contributed by atoms with E-state index in [0.29, 0.717) is 5.56 Å². The van der Waals surface area contributed by atoms with Gasteiger partial charge in [0.25, 0.3) is 0 Å². The summed E-state index contributed by atoms with van der Waals surface area (Å²) in [4.78, 5) is 0.0769. The van der Waals surface area contributed by atoms with E-state index in [9.17, 15) is 4.39 Å². The van der Waals surface area contributed by atoms with Gasteiger partial charge in [0.05, 0.1) is 4.83 Å². The molecule has 1 atom stereocenters. The van der Waals surface area contributed by atoms with Gasteiger partial charge in [-0.1, -0.05) is 50.1 Å². The minimum absolute atomic E-state index is 0.0769. The van der Waals surface area contributed by atoms with Crippen LogP contribution in [0.3, 0.4) is 0 Å². The monoisotopic (exact) mass is 370 g/mol. The van der Waals surface area contributed by atoms with Crippen LogP contribution in [0.15, 0.2) is 40.9 Å². The SMILES string of the molecule is Cc1cc(Br)cc(C(Br)c2ccc(F)c(C)c2)c1. The third-order valence-electron chi connectivity index (χ3n) is 2.83. The highest BCUT2D eigenvalue weighted by atomic mass is 79.9. The molecular formula is C15H13Br2F. The maximum absolute atomic E-state index is 13.3. The van der Waals surface area contributed by atoms with Gasteiger partial charge in [-0.05, 0) is 54.3 Å². The van der Waals surface area contributed by atoms with Crippen LogP contribution in [0.5, 0.6) is 0 Å². The summed E-state index contributed by atoms with van der Waals surface area (Å²) in [6.45, 7) is 3.84. The lowest BCUT2D eigenvalue weighted by Crippen LogP contribution is -1.95. The Kier molecular flexibility index (Phi) is 4.23. The van der Waals surface area contributed by atoms with Crippen LogP contribution in [0.2, 0.25) is 0 Å². The Morgan fingerprint density at radius 3 is 2.33 bits per heavy atom. The second kappa shape index (κ2) is 5.54. The van der Waals surface area contributed by atoms with Crippen molar-refractivity contribution in [2.24, 2.45) is 0 Å². The van der Waals surface area contributed by atoms with Gasteiger partial charge in [-0.3, -0.25) is 0 Å². The largest absolute Gasteiger partial charge is 0.207 e. The average Bonchev–Trinajstić information content (AvgIpc) is 2.30. The van der Waals surface area contributed by atoms with Gasteiger partial charge in [0.2, 0.25) is 0 Å². The molecule has 0 aliphatic rings. The van der Waals surface area contributed by atoms with Crippen molar-refractivity contribution >= 4 is 31.9 Å². The van der Waals surface area contributed by atoms with Crippen molar-refractivity contribution in [3.63, 3.8) is 0 Å². The molecule has 0 aliphatic carbocycles. The summed E-state index contributed by atoms with van der Waals surface area (Å²) in [5, 5.41) is 0. The van der Waals surface area contributed by atoms with E-state index in [1.807, 2.05) is 12.1 Å². The average molecular weight is 372 g/mol. The predicted octanol–water partition coefficient (Wildman–Crippen LogP) is 5.69. The molecule has 0 heterocycles. The first-order valence-electron chi connectivity index (χ1n) is 5.64. The number of rotatable bonds is 2. The van der Waals surface area contributed by atoms with Crippen LogP contribution in [0.25, 0.3) is 0 Å². The molecule has 1 unspecified atom stereocenters. The first-order chi connectivity index (χ1) is 8.47. The Labute approximate surface area is 123 Å². The Morgan fingerprint density at radius 1 is 1.00 bits per heavy atom. The van der Waals surface area contributed by atoms with Gasteiger partial charge in [0.1, 0.15) is 5.82 Å². The van der Waals surface area contributed by atoms with E-state index in [4.69, 9.17) is 0 Å². The van der Waals surface area contributed by atoms with E-state index >= 15 is 0 Å². The lowest BCUT2D eigenvalue weighted by molar-refractivity contribution is 0.618. The Bertz CT molecular complexity index is 558. The fourth-order valence-electron chi connectivity index (χ4n) is 1.93. The summed E-state index contributed by atoms with van der Waals surface area (Å²) in [6.07, 6.45) is 0. The highest BCUT2D eigenvalue weighted by Gasteiger charge is 2.12. The van der Waals surface area contributed by atoms with Crippen LogP contribution >= 0.6 is 31.9 Å². The minimum Gasteiger partial charge on any atom is -0.207 e. The van der Waals surface area contributed by atoms with E-state index < -0.39 is 0 Å². The molecule has 0 aromatic heterocycles. The molecule has 0 aliphatic heterocycles. The van der Waals surface area contributed by atoms with Crippen molar-refractivity contribution < 1.29 is 4.39 Å². The summed E-state index contributed by atoms with van der Waals surface area (Å²) < 4.78 is 14.3. The number of halogens is 3. The molecule has 2 aromatic rings. The summed E-state index contributed by atoms with van der Waals surface area (Å²) >= 11 is 7.18.